The van der Waals surface area contributed by atoms with E-state index in [4.69, 9.17) is 0 Å². The first-order valence-electron chi connectivity index (χ1n) is 8.97. The summed E-state index contributed by atoms with van der Waals surface area (Å²) in [6.07, 6.45) is 5.47. The minimum Gasteiger partial charge on any atom is -0.355 e. The molecule has 0 aliphatic carbocycles. The molecule has 2 aromatic heterocycles. The molecule has 0 spiro atoms. The summed E-state index contributed by atoms with van der Waals surface area (Å²) in [4.78, 5) is 17.0. The number of carbonyl (C=O) groups excluding carboxylic acids is 1. The molecule has 8 heteroatoms. The lowest BCUT2D eigenvalue weighted by Crippen LogP contribution is -2.48. The standard InChI is InChI=1S/C18H27N7O/c1-13-5-6-16(22-21-13)24(4)15-7-9-25(10-8-15)18(26)17(19-2)14-11-20-23(3)12-14/h5-6,11-12,15,17,19H,7-10H2,1-4H3. The van der Waals surface area contributed by atoms with Gasteiger partial charge in [-0.05, 0) is 38.9 Å². The summed E-state index contributed by atoms with van der Waals surface area (Å²) in [5.41, 5.74) is 1.81. The summed E-state index contributed by atoms with van der Waals surface area (Å²) in [7, 11) is 5.72. The summed E-state index contributed by atoms with van der Waals surface area (Å²) < 4.78 is 1.72. The minimum absolute atomic E-state index is 0.108. The van der Waals surface area contributed by atoms with Crippen LogP contribution in [-0.4, -0.2) is 64.0 Å². The summed E-state index contributed by atoms with van der Waals surface area (Å²) in [6, 6.07) is 3.99. The van der Waals surface area contributed by atoms with Crippen LogP contribution < -0.4 is 10.2 Å². The third-order valence-electron chi connectivity index (χ3n) is 5.06. The maximum atomic E-state index is 12.9. The van der Waals surface area contributed by atoms with E-state index in [9.17, 15) is 4.79 Å². The Labute approximate surface area is 154 Å². The largest absolute Gasteiger partial charge is 0.355 e. The normalized spacial score (nSPS) is 16.5. The van der Waals surface area contributed by atoms with Crippen molar-refractivity contribution in [1.82, 2.24) is 30.2 Å². The van der Waals surface area contributed by atoms with Gasteiger partial charge in [0.05, 0.1) is 11.9 Å². The van der Waals surface area contributed by atoms with Crippen LogP contribution in [0.25, 0.3) is 0 Å². The first-order chi connectivity index (χ1) is 12.5. The molecule has 1 amide bonds. The van der Waals surface area contributed by atoms with Gasteiger partial charge < -0.3 is 15.1 Å². The number of nitrogens with zero attached hydrogens (tertiary/aromatic N) is 6. The van der Waals surface area contributed by atoms with Gasteiger partial charge in [0.15, 0.2) is 5.82 Å². The summed E-state index contributed by atoms with van der Waals surface area (Å²) >= 11 is 0. The fraction of sp³-hybridized carbons (Fsp3) is 0.556. The van der Waals surface area contributed by atoms with Crippen molar-refractivity contribution in [2.75, 3.05) is 32.1 Å². The van der Waals surface area contributed by atoms with Crippen LogP contribution in [0.5, 0.6) is 0 Å². The number of nitrogens with one attached hydrogen (secondary N) is 1. The zero-order valence-electron chi connectivity index (χ0n) is 15.9. The molecular formula is C18H27N7O. The highest BCUT2D eigenvalue weighted by atomic mass is 16.2. The average molecular weight is 357 g/mol. The van der Waals surface area contributed by atoms with Gasteiger partial charge in [0.1, 0.15) is 6.04 Å². The van der Waals surface area contributed by atoms with Crippen LogP contribution >= 0.6 is 0 Å². The number of likely N-dealkylation sites (tertiary alicyclic amines) is 1. The Hall–Kier alpha value is -2.48. The Morgan fingerprint density at radius 2 is 2.04 bits per heavy atom. The van der Waals surface area contributed by atoms with Crippen LogP contribution in [0.15, 0.2) is 24.5 Å². The molecule has 1 saturated heterocycles. The monoisotopic (exact) mass is 357 g/mol. The van der Waals surface area contributed by atoms with E-state index in [1.807, 2.05) is 51.3 Å². The molecule has 0 saturated carbocycles. The van der Waals surface area contributed by atoms with Crippen molar-refractivity contribution in [3.8, 4) is 0 Å². The smallest absolute Gasteiger partial charge is 0.244 e. The average Bonchev–Trinajstić information content (AvgIpc) is 3.08. The summed E-state index contributed by atoms with van der Waals surface area (Å²) in [5.74, 6) is 0.987. The van der Waals surface area contributed by atoms with Crippen LogP contribution in [0.2, 0.25) is 0 Å². The Bertz CT molecular complexity index is 734. The zero-order chi connectivity index (χ0) is 18.7. The minimum atomic E-state index is -0.346. The van der Waals surface area contributed by atoms with Crippen LogP contribution in [0, 0.1) is 6.92 Å². The molecule has 2 aromatic rings. The molecule has 1 atom stereocenters. The SMILES string of the molecule is CNC(C(=O)N1CCC(N(C)c2ccc(C)nn2)CC1)c1cnn(C)c1. The Balaban J connectivity index is 1.60. The van der Waals surface area contributed by atoms with E-state index in [-0.39, 0.29) is 11.9 Å². The summed E-state index contributed by atoms with van der Waals surface area (Å²) in [6.45, 7) is 3.42. The van der Waals surface area contributed by atoms with Crippen molar-refractivity contribution in [1.29, 1.82) is 0 Å². The van der Waals surface area contributed by atoms with Crippen molar-refractivity contribution in [2.45, 2.75) is 31.8 Å². The van der Waals surface area contributed by atoms with Crippen molar-refractivity contribution in [3.63, 3.8) is 0 Å². The van der Waals surface area contributed by atoms with Crippen molar-refractivity contribution < 1.29 is 4.79 Å². The number of piperidine rings is 1. The molecule has 140 valence electrons. The highest BCUT2D eigenvalue weighted by molar-refractivity contribution is 5.83. The second kappa shape index (κ2) is 7.82. The van der Waals surface area contributed by atoms with Gasteiger partial charge in [-0.15, -0.1) is 5.10 Å². The fourth-order valence-corrected chi connectivity index (χ4v) is 3.45. The lowest BCUT2D eigenvalue weighted by Gasteiger charge is -2.38. The van der Waals surface area contributed by atoms with Gasteiger partial charge in [-0.3, -0.25) is 9.48 Å². The van der Waals surface area contributed by atoms with Crippen LogP contribution in [0.3, 0.4) is 0 Å². The molecular weight excluding hydrogens is 330 g/mol. The van der Waals surface area contributed by atoms with Crippen molar-refractivity contribution in [2.24, 2.45) is 7.05 Å². The molecule has 3 heterocycles. The first-order valence-corrected chi connectivity index (χ1v) is 8.97. The number of hydrogen-bond donors (Lipinski definition) is 1. The maximum absolute atomic E-state index is 12.9. The van der Waals surface area contributed by atoms with Gasteiger partial charge in [-0.25, -0.2) is 0 Å². The van der Waals surface area contributed by atoms with Crippen LogP contribution in [0.1, 0.15) is 30.1 Å². The van der Waals surface area contributed by atoms with Crippen molar-refractivity contribution >= 4 is 11.7 Å². The molecule has 0 aromatic carbocycles. The molecule has 1 aliphatic rings. The van der Waals surface area contributed by atoms with E-state index in [1.165, 1.54) is 0 Å². The molecule has 1 fully saturated rings. The molecule has 1 aliphatic heterocycles. The number of aryl methyl sites for hydroxylation is 2. The van der Waals surface area contributed by atoms with Crippen LogP contribution in [0.4, 0.5) is 5.82 Å². The Kier molecular flexibility index (Phi) is 5.51. The van der Waals surface area contributed by atoms with E-state index in [1.54, 1.807) is 10.9 Å². The number of anilines is 1. The molecule has 1 N–H and O–H groups in total. The third-order valence-corrected chi connectivity index (χ3v) is 5.06. The number of aromatic nitrogens is 4. The fourth-order valence-electron chi connectivity index (χ4n) is 3.45. The predicted octanol–water partition coefficient (Wildman–Crippen LogP) is 0.906. The lowest BCUT2D eigenvalue weighted by molar-refractivity contribution is -0.134. The van der Waals surface area contributed by atoms with E-state index >= 15 is 0 Å². The van der Waals surface area contributed by atoms with E-state index in [0.29, 0.717) is 6.04 Å². The number of carbonyl (C=O) groups is 1. The number of hydrogen-bond acceptors (Lipinski definition) is 6. The first kappa shape index (κ1) is 18.3. The topological polar surface area (TPSA) is 79.2 Å². The van der Waals surface area contributed by atoms with Gasteiger partial charge in [0, 0.05) is 45.0 Å². The number of rotatable bonds is 5. The van der Waals surface area contributed by atoms with E-state index in [2.05, 4.69) is 25.5 Å². The number of likely N-dealkylation sites (N-methyl/N-ethyl adjacent to an activating group) is 1. The van der Waals surface area contributed by atoms with Crippen molar-refractivity contribution in [3.05, 3.63) is 35.8 Å². The molecule has 0 radical (unpaired) electrons. The van der Waals surface area contributed by atoms with E-state index in [0.717, 1.165) is 43.0 Å². The second-order valence-electron chi connectivity index (χ2n) is 6.87. The van der Waals surface area contributed by atoms with Gasteiger partial charge in [0.2, 0.25) is 5.91 Å². The highest BCUT2D eigenvalue weighted by Crippen LogP contribution is 2.23. The quantitative estimate of drug-likeness (QED) is 0.857. The molecule has 0 bridgehead atoms. The summed E-state index contributed by atoms with van der Waals surface area (Å²) in [5, 5.41) is 15.7. The molecule has 3 rings (SSSR count). The Morgan fingerprint density at radius 3 is 2.58 bits per heavy atom. The van der Waals surface area contributed by atoms with Gasteiger partial charge in [-0.2, -0.15) is 10.2 Å². The van der Waals surface area contributed by atoms with E-state index < -0.39 is 0 Å². The van der Waals surface area contributed by atoms with Gasteiger partial charge in [-0.1, -0.05) is 0 Å². The third kappa shape index (κ3) is 3.85. The molecule has 8 nitrogen and oxygen atoms in total. The molecule has 1 unspecified atom stereocenters. The number of amides is 1. The highest BCUT2D eigenvalue weighted by Gasteiger charge is 2.30. The van der Waals surface area contributed by atoms with Gasteiger partial charge >= 0.3 is 0 Å². The Morgan fingerprint density at radius 1 is 1.31 bits per heavy atom. The maximum Gasteiger partial charge on any atom is 0.244 e. The molecule has 26 heavy (non-hydrogen) atoms. The van der Waals surface area contributed by atoms with Gasteiger partial charge in [0.25, 0.3) is 0 Å². The lowest BCUT2D eigenvalue weighted by atomic mass is 10.0. The zero-order valence-corrected chi connectivity index (χ0v) is 15.9. The second-order valence-corrected chi connectivity index (χ2v) is 6.87. The van der Waals surface area contributed by atoms with Crippen LogP contribution in [-0.2, 0) is 11.8 Å². The predicted molar refractivity (Wildman–Crippen MR) is 99.8 cm³/mol.